The molecule has 0 N–H and O–H groups in total. The van der Waals surface area contributed by atoms with E-state index < -0.39 is 0 Å². The second kappa shape index (κ2) is 8.24. The molecule has 0 unspecified atom stereocenters. The van der Waals surface area contributed by atoms with E-state index in [1.54, 1.807) is 17.8 Å². The second-order valence-electron chi connectivity index (χ2n) is 6.64. The van der Waals surface area contributed by atoms with Crippen LogP contribution in [-0.2, 0) is 0 Å². The number of allylic oxidation sites excluding steroid dienone is 4. The summed E-state index contributed by atoms with van der Waals surface area (Å²) < 4.78 is 0. The summed E-state index contributed by atoms with van der Waals surface area (Å²) in [5.74, 6) is 0. The Kier molecular flexibility index (Phi) is 5.98. The van der Waals surface area contributed by atoms with Crippen molar-refractivity contribution >= 4 is 55.7 Å². The smallest absolute Gasteiger partial charge is 0.0144 e. The van der Waals surface area contributed by atoms with Crippen molar-refractivity contribution in [3.63, 3.8) is 0 Å². The number of benzene rings is 3. The maximum atomic E-state index is 4.62. The van der Waals surface area contributed by atoms with Gasteiger partial charge in [-0.15, -0.1) is 24.4 Å². The molecular weight excluding hydrogens is 364 g/mol. The summed E-state index contributed by atoms with van der Waals surface area (Å²) in [6.07, 6.45) is 9.75. The molecule has 136 valence electrons. The highest BCUT2D eigenvalue weighted by Crippen LogP contribution is 2.34. The lowest BCUT2D eigenvalue weighted by atomic mass is 9.95. The Labute approximate surface area is 171 Å². The first-order valence-electron chi connectivity index (χ1n) is 8.86. The normalized spacial score (nSPS) is 12.6. The van der Waals surface area contributed by atoms with Gasteiger partial charge in [-0.3, -0.25) is 0 Å². The van der Waals surface area contributed by atoms with Gasteiger partial charge in [-0.05, 0) is 100 Å². The molecule has 0 radical (unpaired) electrons. The third kappa shape index (κ3) is 3.92. The van der Waals surface area contributed by atoms with Gasteiger partial charge in [-0.25, -0.2) is 0 Å². The van der Waals surface area contributed by atoms with Gasteiger partial charge < -0.3 is 0 Å². The SMILES string of the molecule is C=C/C=C(\S)c1cc2cc3cc(C)c(/C(=C/C=C)SC)cc3cc2cc1C. The van der Waals surface area contributed by atoms with Crippen molar-refractivity contribution in [1.82, 2.24) is 0 Å². The van der Waals surface area contributed by atoms with Crippen LogP contribution in [0.2, 0.25) is 0 Å². The highest BCUT2D eigenvalue weighted by molar-refractivity contribution is 8.07. The largest absolute Gasteiger partial charge is 0.143 e. The van der Waals surface area contributed by atoms with Gasteiger partial charge in [-0.1, -0.05) is 37.4 Å². The van der Waals surface area contributed by atoms with E-state index in [0.717, 1.165) is 10.5 Å². The molecule has 0 fully saturated rings. The molecule has 0 aliphatic carbocycles. The van der Waals surface area contributed by atoms with E-state index in [9.17, 15) is 0 Å². The standard InChI is InChI=1S/C25H24S2/c1-6-8-24(26)22-14-20-12-19-11-17(4)23(25(27-5)9-7-2)15-21(19)13-18(20)10-16(22)3/h6-15,26H,1-2H2,3-5H3/b24-8-,25-9-. The van der Waals surface area contributed by atoms with E-state index >= 15 is 0 Å². The van der Waals surface area contributed by atoms with Crippen LogP contribution in [0.1, 0.15) is 22.3 Å². The Morgan fingerprint density at radius 2 is 1.26 bits per heavy atom. The third-order valence-corrected chi connectivity index (χ3v) is 5.97. The van der Waals surface area contributed by atoms with Crippen LogP contribution in [0.3, 0.4) is 0 Å². The van der Waals surface area contributed by atoms with Crippen LogP contribution in [0.4, 0.5) is 0 Å². The van der Waals surface area contributed by atoms with Crippen LogP contribution in [0.15, 0.2) is 73.9 Å². The van der Waals surface area contributed by atoms with Gasteiger partial charge in [0.2, 0.25) is 0 Å². The number of thioether (sulfide) groups is 1. The summed E-state index contributed by atoms with van der Waals surface area (Å²) in [4.78, 5) is 2.18. The molecule has 0 amide bonds. The summed E-state index contributed by atoms with van der Waals surface area (Å²) in [6, 6.07) is 13.6. The van der Waals surface area contributed by atoms with Crippen LogP contribution in [0.5, 0.6) is 0 Å². The number of hydrogen-bond donors (Lipinski definition) is 1. The topological polar surface area (TPSA) is 0 Å². The Bertz CT molecular complexity index is 1110. The summed E-state index contributed by atoms with van der Waals surface area (Å²) in [6.45, 7) is 11.9. The van der Waals surface area contributed by atoms with Crippen molar-refractivity contribution in [2.24, 2.45) is 0 Å². The Morgan fingerprint density at radius 3 is 1.78 bits per heavy atom. The lowest BCUT2D eigenvalue weighted by Gasteiger charge is -2.13. The minimum absolute atomic E-state index is 0.940. The van der Waals surface area contributed by atoms with Crippen LogP contribution >= 0.6 is 24.4 Å². The fourth-order valence-electron chi connectivity index (χ4n) is 3.45. The van der Waals surface area contributed by atoms with Gasteiger partial charge in [0.1, 0.15) is 0 Å². The van der Waals surface area contributed by atoms with Gasteiger partial charge in [0.25, 0.3) is 0 Å². The lowest BCUT2D eigenvalue weighted by Crippen LogP contribution is -1.89. The molecule has 27 heavy (non-hydrogen) atoms. The molecule has 0 saturated carbocycles. The molecule has 0 heterocycles. The highest BCUT2D eigenvalue weighted by atomic mass is 32.2. The number of rotatable bonds is 5. The van der Waals surface area contributed by atoms with Gasteiger partial charge in [0.15, 0.2) is 0 Å². The van der Waals surface area contributed by atoms with E-state index in [0.29, 0.717) is 0 Å². The third-order valence-electron chi connectivity index (χ3n) is 4.79. The van der Waals surface area contributed by atoms with E-state index in [1.165, 1.54) is 43.1 Å². The molecule has 3 aromatic carbocycles. The van der Waals surface area contributed by atoms with Crippen molar-refractivity contribution in [3.05, 3.63) is 96.1 Å². The Morgan fingerprint density at radius 1 is 0.778 bits per heavy atom. The zero-order chi connectivity index (χ0) is 19.6. The summed E-state index contributed by atoms with van der Waals surface area (Å²) in [7, 11) is 0. The number of hydrogen-bond acceptors (Lipinski definition) is 2. The zero-order valence-corrected chi connectivity index (χ0v) is 17.8. The van der Waals surface area contributed by atoms with Gasteiger partial charge in [0, 0.05) is 9.81 Å². The molecule has 0 aliphatic heterocycles. The monoisotopic (exact) mass is 388 g/mol. The molecule has 0 bridgehead atoms. The minimum Gasteiger partial charge on any atom is -0.143 e. The molecule has 3 aromatic rings. The van der Waals surface area contributed by atoms with E-state index in [1.807, 2.05) is 12.2 Å². The lowest BCUT2D eigenvalue weighted by molar-refractivity contribution is 1.46. The zero-order valence-electron chi connectivity index (χ0n) is 16.0. The molecular formula is C25H24S2. The van der Waals surface area contributed by atoms with Crippen LogP contribution in [0, 0.1) is 13.8 Å². The van der Waals surface area contributed by atoms with Crippen molar-refractivity contribution in [2.75, 3.05) is 6.26 Å². The number of thiol groups is 1. The van der Waals surface area contributed by atoms with E-state index in [2.05, 4.69) is 88.4 Å². The highest BCUT2D eigenvalue weighted by Gasteiger charge is 2.09. The first-order chi connectivity index (χ1) is 13.0. The molecule has 0 spiro atoms. The maximum absolute atomic E-state index is 4.62. The van der Waals surface area contributed by atoms with Crippen LogP contribution in [0.25, 0.3) is 31.4 Å². The first-order valence-corrected chi connectivity index (χ1v) is 10.5. The summed E-state index contributed by atoms with van der Waals surface area (Å²) in [5, 5.41) is 4.99. The van der Waals surface area contributed by atoms with Crippen LogP contribution < -0.4 is 0 Å². The average Bonchev–Trinajstić information content (AvgIpc) is 2.64. The predicted molar refractivity (Wildman–Crippen MR) is 130 cm³/mol. The molecule has 0 atom stereocenters. The fraction of sp³-hybridized carbons (Fsp3) is 0.120. The fourth-order valence-corrected chi connectivity index (χ4v) is 4.47. The van der Waals surface area contributed by atoms with Crippen LogP contribution in [-0.4, -0.2) is 6.26 Å². The average molecular weight is 389 g/mol. The molecule has 0 aliphatic rings. The molecule has 0 saturated heterocycles. The number of aryl methyl sites for hydroxylation is 2. The van der Waals surface area contributed by atoms with Gasteiger partial charge in [0.05, 0.1) is 0 Å². The molecule has 0 aromatic heterocycles. The number of fused-ring (bicyclic) bond motifs is 2. The van der Waals surface area contributed by atoms with E-state index in [4.69, 9.17) is 0 Å². The van der Waals surface area contributed by atoms with Crippen molar-refractivity contribution in [2.45, 2.75) is 13.8 Å². The van der Waals surface area contributed by atoms with Crippen molar-refractivity contribution < 1.29 is 0 Å². The minimum atomic E-state index is 0.940. The first kappa shape index (κ1) is 19.6. The predicted octanol–water partition coefficient (Wildman–Crippen LogP) is 7.96. The van der Waals surface area contributed by atoms with Gasteiger partial charge >= 0.3 is 0 Å². The summed E-state index contributed by atoms with van der Waals surface area (Å²) >= 11 is 6.38. The Balaban J connectivity index is 2.26. The molecule has 3 rings (SSSR count). The second-order valence-corrected chi connectivity index (χ2v) is 7.97. The molecule has 2 heteroatoms. The van der Waals surface area contributed by atoms with Gasteiger partial charge in [-0.2, -0.15) is 0 Å². The van der Waals surface area contributed by atoms with Crippen molar-refractivity contribution in [1.29, 1.82) is 0 Å². The molecule has 0 nitrogen and oxygen atoms in total. The quantitative estimate of drug-likeness (QED) is 0.263. The van der Waals surface area contributed by atoms with E-state index in [-0.39, 0.29) is 0 Å². The van der Waals surface area contributed by atoms with Crippen molar-refractivity contribution in [3.8, 4) is 0 Å². The summed E-state index contributed by atoms with van der Waals surface area (Å²) in [5.41, 5.74) is 4.91. The Hall–Kier alpha value is -2.16. The maximum Gasteiger partial charge on any atom is 0.0144 e.